The van der Waals surface area contributed by atoms with Crippen LogP contribution in [0.3, 0.4) is 0 Å². The van der Waals surface area contributed by atoms with Gasteiger partial charge in [-0.05, 0) is 35.4 Å². The maximum atomic E-state index is 13.0. The summed E-state index contributed by atoms with van der Waals surface area (Å²) in [6.07, 6.45) is 0. The molecule has 0 bridgehead atoms. The van der Waals surface area contributed by atoms with Gasteiger partial charge in [0.25, 0.3) is 0 Å². The highest BCUT2D eigenvalue weighted by Crippen LogP contribution is 2.27. The van der Waals surface area contributed by atoms with Crippen molar-refractivity contribution in [3.05, 3.63) is 63.9 Å². The molecule has 2 aromatic carbocycles. The first-order valence-corrected chi connectivity index (χ1v) is 7.32. The molecule has 18 heavy (non-hydrogen) atoms. The van der Waals surface area contributed by atoms with Crippen molar-refractivity contribution in [2.75, 3.05) is 0 Å². The Morgan fingerprint density at radius 1 is 1.17 bits per heavy atom. The zero-order valence-corrected chi connectivity index (χ0v) is 12.1. The van der Waals surface area contributed by atoms with E-state index in [2.05, 4.69) is 28.1 Å². The minimum Gasteiger partial charge on any atom is -0.326 e. The molecule has 0 aliphatic rings. The Balaban J connectivity index is 2.06. The van der Waals surface area contributed by atoms with Crippen LogP contribution in [0.15, 0.2) is 51.8 Å². The molecule has 2 rings (SSSR count). The smallest absolute Gasteiger partial charge is 0.124 e. The van der Waals surface area contributed by atoms with Crippen molar-refractivity contribution >= 4 is 27.7 Å². The van der Waals surface area contributed by atoms with E-state index in [4.69, 9.17) is 5.73 Å². The van der Waals surface area contributed by atoms with Gasteiger partial charge in [-0.15, -0.1) is 11.8 Å². The van der Waals surface area contributed by atoms with Gasteiger partial charge >= 0.3 is 0 Å². The van der Waals surface area contributed by atoms with Crippen LogP contribution in [0.2, 0.25) is 0 Å². The number of rotatable bonds is 4. The third kappa shape index (κ3) is 3.57. The minimum atomic E-state index is -0.222. The van der Waals surface area contributed by atoms with Gasteiger partial charge in [0.1, 0.15) is 5.82 Å². The summed E-state index contributed by atoms with van der Waals surface area (Å²) in [5.74, 6) is 0.579. The zero-order chi connectivity index (χ0) is 13.0. The van der Waals surface area contributed by atoms with E-state index in [1.54, 1.807) is 17.8 Å². The summed E-state index contributed by atoms with van der Waals surface area (Å²) in [6.45, 7) is 0.550. The minimum absolute atomic E-state index is 0.222. The molecule has 2 N–H and O–H groups in total. The standard InChI is InChI=1S/C14H13BrFNS/c15-14-7-12(16)5-4-11(14)9-18-13-3-1-2-10(6-13)8-17/h1-7H,8-9,17H2. The number of nitrogens with two attached hydrogens (primary N) is 1. The first kappa shape index (κ1) is 13.6. The molecule has 0 fully saturated rings. The number of hydrogen-bond donors (Lipinski definition) is 1. The maximum Gasteiger partial charge on any atom is 0.124 e. The van der Waals surface area contributed by atoms with E-state index < -0.39 is 0 Å². The molecule has 0 aromatic heterocycles. The highest BCUT2D eigenvalue weighted by Gasteiger charge is 2.03. The van der Waals surface area contributed by atoms with Crippen LogP contribution in [-0.2, 0) is 12.3 Å². The monoisotopic (exact) mass is 325 g/mol. The van der Waals surface area contributed by atoms with Gasteiger partial charge in [-0.25, -0.2) is 4.39 Å². The fourth-order valence-corrected chi connectivity index (χ4v) is 3.22. The number of halogens is 2. The number of hydrogen-bond acceptors (Lipinski definition) is 2. The Morgan fingerprint density at radius 2 is 2.00 bits per heavy atom. The molecule has 4 heteroatoms. The average molecular weight is 326 g/mol. The lowest BCUT2D eigenvalue weighted by Gasteiger charge is -2.06. The largest absolute Gasteiger partial charge is 0.326 e. The summed E-state index contributed by atoms with van der Waals surface area (Å²) in [6, 6.07) is 12.9. The summed E-state index contributed by atoms with van der Waals surface area (Å²) in [5, 5.41) is 0. The normalized spacial score (nSPS) is 10.6. The molecule has 0 radical (unpaired) electrons. The van der Waals surface area contributed by atoms with E-state index in [0.29, 0.717) is 6.54 Å². The second-order valence-electron chi connectivity index (χ2n) is 3.88. The van der Waals surface area contributed by atoms with Gasteiger partial charge in [-0.3, -0.25) is 0 Å². The van der Waals surface area contributed by atoms with Crippen molar-refractivity contribution in [2.24, 2.45) is 5.73 Å². The summed E-state index contributed by atoms with van der Waals surface area (Å²) in [5.41, 5.74) is 7.81. The molecule has 0 unspecified atom stereocenters. The van der Waals surface area contributed by atoms with Crippen LogP contribution in [0.25, 0.3) is 0 Å². The van der Waals surface area contributed by atoms with E-state index in [1.165, 1.54) is 17.0 Å². The van der Waals surface area contributed by atoms with Crippen molar-refractivity contribution < 1.29 is 4.39 Å². The SMILES string of the molecule is NCc1cccc(SCc2ccc(F)cc2Br)c1. The van der Waals surface area contributed by atoms with E-state index in [-0.39, 0.29) is 5.82 Å². The van der Waals surface area contributed by atoms with Gasteiger partial charge in [0.05, 0.1) is 0 Å². The quantitative estimate of drug-likeness (QED) is 0.846. The third-order valence-electron chi connectivity index (χ3n) is 2.54. The molecule has 0 saturated carbocycles. The van der Waals surface area contributed by atoms with E-state index in [1.807, 2.05) is 12.1 Å². The topological polar surface area (TPSA) is 26.0 Å². The maximum absolute atomic E-state index is 13.0. The van der Waals surface area contributed by atoms with Crippen LogP contribution in [0, 0.1) is 5.82 Å². The molecule has 0 saturated heterocycles. The fourth-order valence-electron chi connectivity index (χ4n) is 1.56. The summed E-state index contributed by atoms with van der Waals surface area (Å²) in [4.78, 5) is 1.18. The molecule has 94 valence electrons. The highest BCUT2D eigenvalue weighted by atomic mass is 79.9. The Bertz CT molecular complexity index is 545. The van der Waals surface area contributed by atoms with E-state index in [9.17, 15) is 4.39 Å². The van der Waals surface area contributed by atoms with E-state index in [0.717, 1.165) is 21.4 Å². The van der Waals surface area contributed by atoms with Crippen molar-refractivity contribution in [1.29, 1.82) is 0 Å². The van der Waals surface area contributed by atoms with Crippen molar-refractivity contribution in [1.82, 2.24) is 0 Å². The van der Waals surface area contributed by atoms with Gasteiger partial charge in [0, 0.05) is 21.7 Å². The van der Waals surface area contributed by atoms with Crippen molar-refractivity contribution in [3.63, 3.8) is 0 Å². The Morgan fingerprint density at radius 3 is 2.72 bits per heavy atom. The van der Waals surface area contributed by atoms with Crippen LogP contribution in [0.4, 0.5) is 4.39 Å². The summed E-state index contributed by atoms with van der Waals surface area (Å²) >= 11 is 5.09. The summed E-state index contributed by atoms with van der Waals surface area (Å²) < 4.78 is 13.8. The fraction of sp³-hybridized carbons (Fsp3) is 0.143. The molecule has 0 amide bonds. The average Bonchev–Trinajstić information content (AvgIpc) is 2.38. The Kier molecular flexibility index (Phi) is 4.80. The van der Waals surface area contributed by atoms with Gasteiger partial charge in [0.15, 0.2) is 0 Å². The predicted molar refractivity (Wildman–Crippen MR) is 78.0 cm³/mol. The van der Waals surface area contributed by atoms with Crippen molar-refractivity contribution in [3.8, 4) is 0 Å². The summed E-state index contributed by atoms with van der Waals surface area (Å²) in [7, 11) is 0. The number of benzene rings is 2. The third-order valence-corrected chi connectivity index (χ3v) is 4.32. The lowest BCUT2D eigenvalue weighted by atomic mass is 10.2. The second kappa shape index (κ2) is 6.36. The van der Waals surface area contributed by atoms with Crippen LogP contribution < -0.4 is 5.73 Å². The molecule has 0 spiro atoms. The second-order valence-corrected chi connectivity index (χ2v) is 5.78. The Labute approximate surface area is 119 Å². The van der Waals surface area contributed by atoms with Gasteiger partial charge in [-0.2, -0.15) is 0 Å². The van der Waals surface area contributed by atoms with Crippen LogP contribution in [0.1, 0.15) is 11.1 Å². The van der Waals surface area contributed by atoms with Gasteiger partial charge < -0.3 is 5.73 Å². The molecule has 0 atom stereocenters. The molecule has 0 aliphatic carbocycles. The van der Waals surface area contributed by atoms with Crippen molar-refractivity contribution in [2.45, 2.75) is 17.2 Å². The van der Waals surface area contributed by atoms with Gasteiger partial charge in [-0.1, -0.05) is 34.1 Å². The lowest BCUT2D eigenvalue weighted by molar-refractivity contribution is 0.626. The van der Waals surface area contributed by atoms with Crippen LogP contribution in [0.5, 0.6) is 0 Å². The first-order chi connectivity index (χ1) is 8.69. The first-order valence-electron chi connectivity index (χ1n) is 5.55. The lowest BCUT2D eigenvalue weighted by Crippen LogP contribution is -1.95. The molecule has 0 heterocycles. The predicted octanol–water partition coefficient (Wildman–Crippen LogP) is 4.34. The molecular weight excluding hydrogens is 313 g/mol. The molecule has 1 nitrogen and oxygen atoms in total. The van der Waals surface area contributed by atoms with Gasteiger partial charge in [0.2, 0.25) is 0 Å². The zero-order valence-electron chi connectivity index (χ0n) is 9.70. The Hall–Kier alpha value is -0.840. The molecule has 0 aliphatic heterocycles. The van der Waals surface area contributed by atoms with E-state index >= 15 is 0 Å². The highest BCUT2D eigenvalue weighted by molar-refractivity contribution is 9.10. The van der Waals surface area contributed by atoms with Crippen LogP contribution >= 0.6 is 27.7 Å². The number of thioether (sulfide) groups is 1. The molecule has 2 aromatic rings. The molecular formula is C14H13BrFNS. The van der Waals surface area contributed by atoms with Crippen LogP contribution in [-0.4, -0.2) is 0 Å².